The Morgan fingerprint density at radius 3 is 3.09 bits per heavy atom. The zero-order valence-electron chi connectivity index (χ0n) is 13.5. The summed E-state index contributed by atoms with van der Waals surface area (Å²) in [6.45, 7) is 5.55. The van der Waals surface area contributed by atoms with E-state index in [4.69, 9.17) is 14.2 Å². The van der Waals surface area contributed by atoms with E-state index in [0.29, 0.717) is 19.6 Å². The molecule has 1 atom stereocenters. The average molecular weight is 320 g/mol. The van der Waals surface area contributed by atoms with Crippen LogP contribution in [0.1, 0.15) is 25.3 Å². The van der Waals surface area contributed by atoms with E-state index in [9.17, 15) is 4.79 Å². The molecule has 6 nitrogen and oxygen atoms in total. The molecule has 0 spiro atoms. The van der Waals surface area contributed by atoms with Crippen LogP contribution < -0.4 is 14.8 Å². The van der Waals surface area contributed by atoms with Gasteiger partial charge >= 0.3 is 0 Å². The first-order valence-corrected chi connectivity index (χ1v) is 8.24. The number of fused-ring (bicyclic) bond motifs is 1. The third-order valence-corrected chi connectivity index (χ3v) is 4.24. The van der Waals surface area contributed by atoms with Gasteiger partial charge in [0.2, 0.25) is 12.7 Å². The van der Waals surface area contributed by atoms with Crippen molar-refractivity contribution in [2.45, 2.75) is 32.4 Å². The van der Waals surface area contributed by atoms with Gasteiger partial charge in [-0.25, -0.2) is 0 Å². The van der Waals surface area contributed by atoms with E-state index in [2.05, 4.69) is 10.2 Å². The van der Waals surface area contributed by atoms with Crippen molar-refractivity contribution in [3.63, 3.8) is 0 Å². The summed E-state index contributed by atoms with van der Waals surface area (Å²) < 4.78 is 16.4. The Kier molecular flexibility index (Phi) is 5.35. The van der Waals surface area contributed by atoms with Gasteiger partial charge in [0.15, 0.2) is 11.5 Å². The predicted molar refractivity (Wildman–Crippen MR) is 85.5 cm³/mol. The number of hydrogen-bond acceptors (Lipinski definition) is 5. The van der Waals surface area contributed by atoms with E-state index < -0.39 is 0 Å². The van der Waals surface area contributed by atoms with E-state index in [0.717, 1.165) is 43.1 Å². The number of amides is 1. The molecule has 23 heavy (non-hydrogen) atoms. The number of para-hydroxylation sites is 1. The first kappa shape index (κ1) is 16.1. The highest BCUT2D eigenvalue weighted by Crippen LogP contribution is 2.35. The molecule has 0 aromatic heterocycles. The number of carbonyl (C=O) groups excluding carboxylic acids is 1. The van der Waals surface area contributed by atoms with Crippen LogP contribution in [0, 0.1) is 0 Å². The number of ether oxygens (including phenoxy) is 3. The van der Waals surface area contributed by atoms with Crippen molar-refractivity contribution >= 4 is 5.91 Å². The van der Waals surface area contributed by atoms with Crippen molar-refractivity contribution in [1.29, 1.82) is 0 Å². The van der Waals surface area contributed by atoms with Gasteiger partial charge in [0.05, 0.1) is 12.6 Å². The Morgan fingerprint density at radius 1 is 1.39 bits per heavy atom. The molecule has 0 bridgehead atoms. The lowest BCUT2D eigenvalue weighted by Crippen LogP contribution is -2.39. The lowest BCUT2D eigenvalue weighted by atomic mass is 10.1. The van der Waals surface area contributed by atoms with Crippen LogP contribution in [0.5, 0.6) is 11.5 Å². The second-order valence-electron chi connectivity index (χ2n) is 5.89. The molecule has 1 aromatic carbocycles. The van der Waals surface area contributed by atoms with Crippen molar-refractivity contribution < 1.29 is 19.0 Å². The summed E-state index contributed by atoms with van der Waals surface area (Å²) in [6.07, 6.45) is 2.30. The normalized spacial score (nSPS) is 19.3. The molecule has 2 aliphatic heterocycles. The van der Waals surface area contributed by atoms with Crippen LogP contribution in [0.4, 0.5) is 0 Å². The Morgan fingerprint density at radius 2 is 2.30 bits per heavy atom. The van der Waals surface area contributed by atoms with Crippen molar-refractivity contribution in [1.82, 2.24) is 10.2 Å². The van der Waals surface area contributed by atoms with Crippen LogP contribution >= 0.6 is 0 Å². The fraction of sp³-hybridized carbons (Fsp3) is 0.588. The molecule has 3 rings (SSSR count). The molecule has 126 valence electrons. The Balaban J connectivity index is 1.51. The molecule has 0 radical (unpaired) electrons. The zero-order valence-corrected chi connectivity index (χ0v) is 13.5. The third kappa shape index (κ3) is 4.14. The van der Waals surface area contributed by atoms with E-state index in [1.165, 1.54) is 0 Å². The fourth-order valence-electron chi connectivity index (χ4n) is 2.93. The second-order valence-corrected chi connectivity index (χ2v) is 5.89. The maximum absolute atomic E-state index is 12.1. The van der Waals surface area contributed by atoms with Crippen LogP contribution in [0.15, 0.2) is 18.2 Å². The molecule has 0 saturated carbocycles. The number of hydrogen-bond donors (Lipinski definition) is 1. The maximum Gasteiger partial charge on any atom is 0.234 e. The number of carbonyl (C=O) groups is 1. The van der Waals surface area contributed by atoms with Gasteiger partial charge in [-0.3, -0.25) is 9.69 Å². The summed E-state index contributed by atoms with van der Waals surface area (Å²) in [5, 5.41) is 2.97. The Hall–Kier alpha value is -1.79. The molecule has 1 unspecified atom stereocenters. The first-order valence-electron chi connectivity index (χ1n) is 8.24. The molecule has 6 heteroatoms. The molecule has 2 heterocycles. The summed E-state index contributed by atoms with van der Waals surface area (Å²) in [6, 6.07) is 5.87. The molecular weight excluding hydrogens is 296 g/mol. The van der Waals surface area contributed by atoms with Gasteiger partial charge in [0.1, 0.15) is 0 Å². The highest BCUT2D eigenvalue weighted by atomic mass is 16.7. The molecule has 1 N–H and O–H groups in total. The summed E-state index contributed by atoms with van der Waals surface area (Å²) in [7, 11) is 0. The number of rotatable bonds is 7. The molecule has 2 aliphatic rings. The van der Waals surface area contributed by atoms with Crippen molar-refractivity contribution in [3.05, 3.63) is 23.8 Å². The minimum atomic E-state index is 0.0343. The summed E-state index contributed by atoms with van der Waals surface area (Å²) in [5.41, 5.74) is 1.05. The number of nitrogens with one attached hydrogen (secondary N) is 1. The van der Waals surface area contributed by atoms with Gasteiger partial charge in [-0.15, -0.1) is 0 Å². The Bertz CT molecular complexity index is 543. The van der Waals surface area contributed by atoms with E-state index >= 15 is 0 Å². The summed E-state index contributed by atoms with van der Waals surface area (Å²) in [5.74, 6) is 1.61. The van der Waals surface area contributed by atoms with Crippen LogP contribution in [0.3, 0.4) is 0 Å². The van der Waals surface area contributed by atoms with Gasteiger partial charge in [0.25, 0.3) is 0 Å². The highest BCUT2D eigenvalue weighted by molar-refractivity contribution is 5.78. The van der Waals surface area contributed by atoms with Crippen LogP contribution in [-0.2, 0) is 16.1 Å². The monoisotopic (exact) mass is 320 g/mol. The summed E-state index contributed by atoms with van der Waals surface area (Å²) in [4.78, 5) is 14.2. The third-order valence-electron chi connectivity index (χ3n) is 4.24. The highest BCUT2D eigenvalue weighted by Gasteiger charge is 2.20. The second kappa shape index (κ2) is 7.66. The smallest absolute Gasteiger partial charge is 0.234 e. The summed E-state index contributed by atoms with van der Waals surface area (Å²) >= 11 is 0. The number of nitrogens with zero attached hydrogens (tertiary/aromatic N) is 1. The lowest BCUT2D eigenvalue weighted by molar-refractivity contribution is -0.122. The minimum absolute atomic E-state index is 0.0343. The average Bonchev–Trinajstić information content (AvgIpc) is 3.23. The van der Waals surface area contributed by atoms with Crippen molar-refractivity contribution in [2.24, 2.45) is 0 Å². The molecule has 0 aliphatic carbocycles. The van der Waals surface area contributed by atoms with Crippen LogP contribution in [0.25, 0.3) is 0 Å². The minimum Gasteiger partial charge on any atom is -0.454 e. The molecular formula is C17H24N2O4. The predicted octanol–water partition coefficient (Wildman–Crippen LogP) is 1.53. The standard InChI is InChI=1S/C17H24N2O4/c1-2-19(11-16(20)18-9-14-6-4-8-21-14)10-13-5-3-7-15-17(13)23-12-22-15/h3,5,7,14H,2,4,6,8-12H2,1H3,(H,18,20). The van der Waals surface area contributed by atoms with Crippen LogP contribution in [0.2, 0.25) is 0 Å². The molecule has 1 amide bonds. The van der Waals surface area contributed by atoms with Gasteiger partial charge in [-0.1, -0.05) is 19.1 Å². The van der Waals surface area contributed by atoms with Gasteiger partial charge in [-0.2, -0.15) is 0 Å². The van der Waals surface area contributed by atoms with E-state index in [-0.39, 0.29) is 18.8 Å². The molecule has 1 saturated heterocycles. The van der Waals surface area contributed by atoms with E-state index in [1.807, 2.05) is 25.1 Å². The topological polar surface area (TPSA) is 60.0 Å². The van der Waals surface area contributed by atoms with E-state index in [1.54, 1.807) is 0 Å². The zero-order chi connectivity index (χ0) is 16.1. The fourth-order valence-corrected chi connectivity index (χ4v) is 2.93. The molecule has 1 aromatic rings. The van der Waals surface area contributed by atoms with Crippen LogP contribution in [-0.4, -0.2) is 49.9 Å². The lowest BCUT2D eigenvalue weighted by Gasteiger charge is -2.21. The maximum atomic E-state index is 12.1. The molecule has 1 fully saturated rings. The number of benzene rings is 1. The largest absolute Gasteiger partial charge is 0.454 e. The van der Waals surface area contributed by atoms with Gasteiger partial charge in [0, 0.05) is 25.3 Å². The Labute approximate surface area is 136 Å². The quantitative estimate of drug-likeness (QED) is 0.826. The van der Waals surface area contributed by atoms with Gasteiger partial charge in [-0.05, 0) is 25.5 Å². The number of likely N-dealkylation sites (N-methyl/N-ethyl adjacent to an activating group) is 1. The van der Waals surface area contributed by atoms with Gasteiger partial charge < -0.3 is 19.5 Å². The van der Waals surface area contributed by atoms with Crippen molar-refractivity contribution in [3.8, 4) is 11.5 Å². The SMILES string of the molecule is CCN(CC(=O)NCC1CCCO1)Cc1cccc2c1OCO2. The van der Waals surface area contributed by atoms with Crippen molar-refractivity contribution in [2.75, 3.05) is 33.0 Å². The first-order chi connectivity index (χ1) is 11.3.